The molecule has 1 aromatic heterocycles. The topological polar surface area (TPSA) is 36.1 Å². The van der Waals surface area contributed by atoms with Gasteiger partial charge in [-0.2, -0.15) is 0 Å². The zero-order chi connectivity index (χ0) is 15.5. The third-order valence-electron chi connectivity index (χ3n) is 3.78. The van der Waals surface area contributed by atoms with Gasteiger partial charge in [0.05, 0.1) is 6.54 Å². The van der Waals surface area contributed by atoms with Gasteiger partial charge in [-0.15, -0.1) is 0 Å². The molecule has 0 saturated carbocycles. The lowest BCUT2D eigenvalue weighted by Crippen LogP contribution is -2.29. The van der Waals surface area contributed by atoms with Crippen molar-refractivity contribution in [3.8, 4) is 0 Å². The summed E-state index contributed by atoms with van der Waals surface area (Å²) in [5.41, 5.74) is 2.33. The minimum atomic E-state index is -0.296. The number of carbonyl (C=O) groups excluding carboxylic acids is 1. The summed E-state index contributed by atoms with van der Waals surface area (Å²) in [6, 6.07) is 14.0. The number of aromatic nitrogens is 1. The minimum absolute atomic E-state index is 0.0172. The van der Waals surface area contributed by atoms with Crippen LogP contribution in [-0.2, 0) is 0 Å². The van der Waals surface area contributed by atoms with E-state index in [9.17, 15) is 9.18 Å². The molecule has 2 aromatic carbocycles. The van der Waals surface area contributed by atoms with E-state index in [1.807, 2.05) is 42.2 Å². The number of fused-ring (bicyclic) bond motifs is 1. The summed E-state index contributed by atoms with van der Waals surface area (Å²) < 4.78 is 13.4. The van der Waals surface area contributed by atoms with E-state index in [0.29, 0.717) is 12.1 Å². The number of H-pyrrole nitrogens is 1. The molecule has 0 amide bonds. The Morgan fingerprint density at radius 2 is 2.00 bits per heavy atom. The van der Waals surface area contributed by atoms with Gasteiger partial charge in [0.1, 0.15) is 5.82 Å². The lowest BCUT2D eigenvalue weighted by atomic mass is 10.1. The van der Waals surface area contributed by atoms with Crippen LogP contribution in [-0.4, -0.2) is 23.9 Å². The van der Waals surface area contributed by atoms with E-state index in [2.05, 4.69) is 4.98 Å². The highest BCUT2D eigenvalue weighted by atomic mass is 19.1. The third kappa shape index (κ3) is 2.72. The van der Waals surface area contributed by atoms with Gasteiger partial charge in [0, 0.05) is 34.9 Å². The predicted molar refractivity (Wildman–Crippen MR) is 86.9 cm³/mol. The molecule has 3 nitrogen and oxygen atoms in total. The Morgan fingerprint density at radius 1 is 1.18 bits per heavy atom. The summed E-state index contributed by atoms with van der Waals surface area (Å²) in [4.78, 5) is 17.6. The zero-order valence-electron chi connectivity index (χ0n) is 12.3. The second-order valence-electron chi connectivity index (χ2n) is 5.17. The maximum absolute atomic E-state index is 13.4. The van der Waals surface area contributed by atoms with E-state index in [1.165, 1.54) is 12.1 Å². The Bertz CT molecular complexity index is 809. The van der Waals surface area contributed by atoms with Crippen molar-refractivity contribution in [2.45, 2.75) is 6.92 Å². The summed E-state index contributed by atoms with van der Waals surface area (Å²) in [5.74, 6) is -0.279. The molecule has 4 heteroatoms. The van der Waals surface area contributed by atoms with Crippen LogP contribution in [0.5, 0.6) is 0 Å². The number of nitrogens with one attached hydrogen (secondary N) is 1. The normalized spacial score (nSPS) is 10.8. The average Bonchev–Trinajstić information content (AvgIpc) is 2.96. The van der Waals surface area contributed by atoms with Crippen LogP contribution in [0, 0.1) is 5.82 Å². The number of carbonyl (C=O) groups is 1. The molecule has 3 aromatic rings. The SMILES string of the molecule is CCN(CC(=O)c1c[nH]c2ccccc12)c1cccc(F)c1. The summed E-state index contributed by atoms with van der Waals surface area (Å²) >= 11 is 0. The molecule has 0 aliphatic rings. The number of anilines is 1. The number of halogens is 1. The van der Waals surface area contributed by atoms with E-state index in [4.69, 9.17) is 0 Å². The number of para-hydroxylation sites is 1. The molecule has 112 valence electrons. The predicted octanol–water partition coefficient (Wildman–Crippen LogP) is 4.02. The van der Waals surface area contributed by atoms with Crippen molar-refractivity contribution in [3.63, 3.8) is 0 Å². The number of rotatable bonds is 5. The van der Waals surface area contributed by atoms with Crippen LogP contribution in [0.4, 0.5) is 10.1 Å². The molecule has 0 aliphatic carbocycles. The van der Waals surface area contributed by atoms with Crippen molar-refractivity contribution in [3.05, 3.63) is 66.1 Å². The van der Waals surface area contributed by atoms with E-state index in [-0.39, 0.29) is 18.1 Å². The fraction of sp³-hybridized carbons (Fsp3) is 0.167. The van der Waals surface area contributed by atoms with Crippen molar-refractivity contribution in [1.29, 1.82) is 0 Å². The maximum atomic E-state index is 13.4. The first kappa shape index (κ1) is 14.3. The number of Topliss-reactive ketones (excluding diaryl/α,β-unsaturated/α-hetero) is 1. The van der Waals surface area contributed by atoms with Gasteiger partial charge in [-0.25, -0.2) is 4.39 Å². The zero-order valence-corrected chi connectivity index (χ0v) is 12.3. The number of hydrogen-bond acceptors (Lipinski definition) is 2. The molecule has 0 fully saturated rings. The van der Waals surface area contributed by atoms with Gasteiger partial charge in [-0.1, -0.05) is 24.3 Å². The Hall–Kier alpha value is -2.62. The Labute approximate surface area is 128 Å². The van der Waals surface area contributed by atoms with Gasteiger partial charge in [-0.3, -0.25) is 4.79 Å². The van der Waals surface area contributed by atoms with E-state index < -0.39 is 0 Å². The molecule has 0 saturated heterocycles. The van der Waals surface area contributed by atoms with Crippen molar-refractivity contribution in [2.24, 2.45) is 0 Å². The number of hydrogen-bond donors (Lipinski definition) is 1. The number of ketones is 1. The fourth-order valence-electron chi connectivity index (χ4n) is 2.62. The van der Waals surface area contributed by atoms with Crippen LogP contribution in [0.15, 0.2) is 54.7 Å². The number of likely N-dealkylation sites (N-methyl/N-ethyl adjacent to an activating group) is 1. The molecular formula is C18H17FN2O. The van der Waals surface area contributed by atoms with Crippen LogP contribution in [0.3, 0.4) is 0 Å². The summed E-state index contributed by atoms with van der Waals surface area (Å²) in [6.07, 6.45) is 1.74. The monoisotopic (exact) mass is 296 g/mol. The van der Waals surface area contributed by atoms with Crippen molar-refractivity contribution in [2.75, 3.05) is 18.0 Å². The van der Waals surface area contributed by atoms with Crippen LogP contribution in [0.2, 0.25) is 0 Å². The molecule has 3 rings (SSSR count). The highest BCUT2D eigenvalue weighted by Crippen LogP contribution is 2.20. The fourth-order valence-corrected chi connectivity index (χ4v) is 2.62. The highest BCUT2D eigenvalue weighted by Gasteiger charge is 2.15. The highest BCUT2D eigenvalue weighted by molar-refractivity contribution is 6.09. The van der Waals surface area contributed by atoms with Gasteiger partial charge in [0.2, 0.25) is 0 Å². The van der Waals surface area contributed by atoms with Crippen molar-refractivity contribution in [1.82, 2.24) is 4.98 Å². The van der Waals surface area contributed by atoms with Gasteiger partial charge >= 0.3 is 0 Å². The quantitative estimate of drug-likeness (QED) is 0.722. The van der Waals surface area contributed by atoms with Crippen LogP contribution in [0.1, 0.15) is 17.3 Å². The van der Waals surface area contributed by atoms with E-state index in [1.54, 1.807) is 12.3 Å². The van der Waals surface area contributed by atoms with Gasteiger partial charge < -0.3 is 9.88 Å². The van der Waals surface area contributed by atoms with Crippen molar-refractivity contribution >= 4 is 22.4 Å². The first-order valence-electron chi connectivity index (χ1n) is 7.29. The standard InChI is InChI=1S/C18H17FN2O/c1-2-21(14-7-5-6-13(19)10-14)12-18(22)16-11-20-17-9-4-3-8-15(16)17/h3-11,20H,2,12H2,1H3. The maximum Gasteiger partial charge on any atom is 0.184 e. The Kier molecular flexibility index (Phi) is 3.92. The third-order valence-corrected chi connectivity index (χ3v) is 3.78. The Morgan fingerprint density at radius 3 is 2.77 bits per heavy atom. The average molecular weight is 296 g/mol. The second-order valence-corrected chi connectivity index (χ2v) is 5.17. The van der Waals surface area contributed by atoms with Crippen LogP contribution < -0.4 is 4.90 Å². The molecule has 1 heterocycles. The lowest BCUT2D eigenvalue weighted by Gasteiger charge is -2.22. The molecule has 0 radical (unpaired) electrons. The number of nitrogens with zero attached hydrogens (tertiary/aromatic N) is 1. The van der Waals surface area contributed by atoms with E-state index >= 15 is 0 Å². The van der Waals surface area contributed by atoms with E-state index in [0.717, 1.165) is 16.6 Å². The summed E-state index contributed by atoms with van der Waals surface area (Å²) in [5, 5.41) is 0.919. The molecule has 0 atom stereocenters. The molecular weight excluding hydrogens is 279 g/mol. The molecule has 0 bridgehead atoms. The minimum Gasteiger partial charge on any atom is -0.364 e. The lowest BCUT2D eigenvalue weighted by molar-refractivity contribution is 0.100. The first-order chi connectivity index (χ1) is 10.7. The largest absolute Gasteiger partial charge is 0.364 e. The van der Waals surface area contributed by atoms with Crippen LogP contribution >= 0.6 is 0 Å². The smallest absolute Gasteiger partial charge is 0.184 e. The van der Waals surface area contributed by atoms with Gasteiger partial charge in [0.15, 0.2) is 5.78 Å². The molecule has 1 N–H and O–H groups in total. The number of benzene rings is 2. The van der Waals surface area contributed by atoms with Gasteiger partial charge in [0.25, 0.3) is 0 Å². The Balaban J connectivity index is 1.86. The number of aromatic amines is 1. The van der Waals surface area contributed by atoms with Crippen LogP contribution in [0.25, 0.3) is 10.9 Å². The first-order valence-corrected chi connectivity index (χ1v) is 7.29. The molecule has 0 spiro atoms. The van der Waals surface area contributed by atoms with Gasteiger partial charge in [-0.05, 0) is 31.2 Å². The second kappa shape index (κ2) is 6.02. The summed E-state index contributed by atoms with van der Waals surface area (Å²) in [6.45, 7) is 2.81. The molecule has 22 heavy (non-hydrogen) atoms. The van der Waals surface area contributed by atoms with Crippen molar-refractivity contribution < 1.29 is 9.18 Å². The molecule has 0 unspecified atom stereocenters. The molecule has 0 aliphatic heterocycles. The summed E-state index contributed by atoms with van der Waals surface area (Å²) in [7, 11) is 0.